The standard InChI is InChI=1S/C17H22N2O4.Na/c1-9(2)17(16(22)23)8-12(17)15(21)19-13-6-5-10(3)7-11(13)14(20)18-4;/h5-7,9,12H,8H2,1-4H3,(H,18,20)(H,19,21)(H,22,23);/q;+1/p-1. The molecule has 2 N–H and O–H groups in total. The zero-order valence-electron chi connectivity index (χ0n) is 14.7. The quantitative estimate of drug-likeness (QED) is 0.590. The predicted molar refractivity (Wildman–Crippen MR) is 83.6 cm³/mol. The van der Waals surface area contributed by atoms with Crippen LogP contribution in [0.4, 0.5) is 5.69 Å². The van der Waals surface area contributed by atoms with Crippen molar-refractivity contribution >= 4 is 23.5 Å². The van der Waals surface area contributed by atoms with Crippen molar-refractivity contribution in [2.75, 3.05) is 12.4 Å². The minimum atomic E-state index is -1.19. The molecule has 1 aliphatic carbocycles. The average molecular weight is 340 g/mol. The molecule has 6 nitrogen and oxygen atoms in total. The van der Waals surface area contributed by atoms with Crippen molar-refractivity contribution in [1.82, 2.24) is 5.32 Å². The number of hydrogen-bond acceptors (Lipinski definition) is 4. The molecule has 0 radical (unpaired) electrons. The van der Waals surface area contributed by atoms with Crippen LogP contribution in [0, 0.1) is 24.2 Å². The number of carboxylic acids is 1. The number of aliphatic carboxylic acids is 1. The normalized spacial score (nSPS) is 21.6. The van der Waals surface area contributed by atoms with Gasteiger partial charge in [0.05, 0.1) is 17.2 Å². The summed E-state index contributed by atoms with van der Waals surface area (Å²) in [5.41, 5.74) is 0.509. The minimum absolute atomic E-state index is 0. The van der Waals surface area contributed by atoms with Crippen LogP contribution in [0.5, 0.6) is 0 Å². The number of anilines is 1. The van der Waals surface area contributed by atoms with Crippen LogP contribution in [0.3, 0.4) is 0 Å². The minimum Gasteiger partial charge on any atom is -0.550 e. The summed E-state index contributed by atoms with van der Waals surface area (Å²) in [6.45, 7) is 5.38. The number of benzene rings is 1. The first-order valence-corrected chi connectivity index (χ1v) is 7.59. The smallest absolute Gasteiger partial charge is 0.550 e. The molecule has 0 heterocycles. The summed E-state index contributed by atoms with van der Waals surface area (Å²) in [6.07, 6.45) is 0.264. The molecule has 24 heavy (non-hydrogen) atoms. The molecule has 2 rings (SSSR count). The van der Waals surface area contributed by atoms with E-state index in [1.165, 1.54) is 7.05 Å². The molecule has 2 unspecified atom stereocenters. The van der Waals surface area contributed by atoms with Gasteiger partial charge in [-0.2, -0.15) is 0 Å². The molecule has 0 bridgehead atoms. The Bertz CT molecular complexity index is 675. The average Bonchev–Trinajstić information content (AvgIpc) is 3.25. The van der Waals surface area contributed by atoms with Crippen LogP contribution in [-0.4, -0.2) is 24.8 Å². The molecule has 0 aromatic heterocycles. The van der Waals surface area contributed by atoms with Crippen LogP contribution < -0.4 is 45.3 Å². The second-order valence-corrected chi connectivity index (χ2v) is 6.36. The van der Waals surface area contributed by atoms with Crippen molar-refractivity contribution in [2.45, 2.75) is 27.2 Å². The molecular weight excluding hydrogens is 319 g/mol. The van der Waals surface area contributed by atoms with Gasteiger partial charge in [-0.1, -0.05) is 25.5 Å². The van der Waals surface area contributed by atoms with Gasteiger partial charge in [0.15, 0.2) is 0 Å². The van der Waals surface area contributed by atoms with Gasteiger partial charge in [-0.15, -0.1) is 0 Å². The van der Waals surface area contributed by atoms with E-state index in [1.807, 2.05) is 6.92 Å². The first-order chi connectivity index (χ1) is 10.7. The summed E-state index contributed by atoms with van der Waals surface area (Å²) in [4.78, 5) is 35.7. The number of amides is 2. The van der Waals surface area contributed by atoms with Gasteiger partial charge >= 0.3 is 29.6 Å². The van der Waals surface area contributed by atoms with Crippen molar-refractivity contribution < 1.29 is 49.0 Å². The van der Waals surface area contributed by atoms with Gasteiger partial charge < -0.3 is 20.5 Å². The van der Waals surface area contributed by atoms with Gasteiger partial charge in [-0.05, 0) is 31.4 Å². The Morgan fingerprint density at radius 3 is 2.38 bits per heavy atom. The van der Waals surface area contributed by atoms with Crippen molar-refractivity contribution in [2.24, 2.45) is 17.3 Å². The van der Waals surface area contributed by atoms with Crippen LogP contribution in [-0.2, 0) is 9.59 Å². The number of carbonyl (C=O) groups excluding carboxylic acids is 3. The Balaban J connectivity index is 0.00000288. The first kappa shape index (κ1) is 20.7. The van der Waals surface area contributed by atoms with E-state index in [1.54, 1.807) is 32.0 Å². The van der Waals surface area contributed by atoms with Crippen molar-refractivity contribution in [1.29, 1.82) is 0 Å². The maximum Gasteiger partial charge on any atom is 1.00 e. The van der Waals surface area contributed by atoms with Crippen LogP contribution >= 0.6 is 0 Å². The van der Waals surface area contributed by atoms with Gasteiger partial charge in [0, 0.05) is 18.4 Å². The van der Waals surface area contributed by atoms with E-state index >= 15 is 0 Å². The van der Waals surface area contributed by atoms with E-state index in [0.717, 1.165) is 5.56 Å². The Morgan fingerprint density at radius 2 is 1.92 bits per heavy atom. The zero-order chi connectivity index (χ0) is 17.4. The number of carboxylic acid groups (broad SMARTS) is 1. The molecule has 124 valence electrons. The topological polar surface area (TPSA) is 98.3 Å². The zero-order valence-corrected chi connectivity index (χ0v) is 16.7. The second kappa shape index (κ2) is 7.68. The van der Waals surface area contributed by atoms with Gasteiger partial charge in [-0.25, -0.2) is 0 Å². The Kier molecular flexibility index (Phi) is 6.61. The summed E-state index contributed by atoms with van der Waals surface area (Å²) >= 11 is 0. The van der Waals surface area contributed by atoms with Crippen molar-refractivity contribution in [3.05, 3.63) is 29.3 Å². The number of rotatable bonds is 5. The van der Waals surface area contributed by atoms with Crippen molar-refractivity contribution in [3.8, 4) is 0 Å². The van der Waals surface area contributed by atoms with Gasteiger partial charge in [0.2, 0.25) is 5.91 Å². The Hall–Kier alpha value is -1.37. The van der Waals surface area contributed by atoms with Gasteiger partial charge in [0.1, 0.15) is 0 Å². The van der Waals surface area contributed by atoms with Crippen LogP contribution in [0.2, 0.25) is 0 Å². The maximum absolute atomic E-state index is 12.4. The number of hydrogen-bond donors (Lipinski definition) is 2. The van der Waals surface area contributed by atoms with Crippen LogP contribution in [0.1, 0.15) is 36.2 Å². The van der Waals surface area contributed by atoms with Crippen LogP contribution in [0.15, 0.2) is 18.2 Å². The SMILES string of the molecule is CNC(=O)c1cc(C)ccc1NC(=O)C1CC1(C(=O)[O-])C(C)C.[Na+]. The molecule has 2 amide bonds. The van der Waals surface area contributed by atoms with E-state index in [2.05, 4.69) is 10.6 Å². The summed E-state index contributed by atoms with van der Waals surface area (Å²) in [5.74, 6) is -2.72. The first-order valence-electron chi connectivity index (χ1n) is 7.59. The third-order valence-electron chi connectivity index (χ3n) is 4.63. The third-order valence-corrected chi connectivity index (χ3v) is 4.63. The summed E-state index contributed by atoms with van der Waals surface area (Å²) in [6, 6.07) is 5.11. The molecule has 1 aromatic rings. The fourth-order valence-corrected chi connectivity index (χ4v) is 3.01. The Labute approximate surface area is 163 Å². The number of aryl methyl sites for hydroxylation is 1. The van der Waals surface area contributed by atoms with E-state index < -0.39 is 23.2 Å². The predicted octanol–water partition coefficient (Wildman–Crippen LogP) is -2.29. The molecule has 1 aromatic carbocycles. The summed E-state index contributed by atoms with van der Waals surface area (Å²) < 4.78 is 0. The summed E-state index contributed by atoms with van der Waals surface area (Å²) in [7, 11) is 1.51. The molecule has 0 spiro atoms. The molecule has 0 saturated heterocycles. The maximum atomic E-state index is 12.4. The monoisotopic (exact) mass is 340 g/mol. The molecule has 0 aliphatic heterocycles. The third kappa shape index (κ3) is 3.66. The van der Waals surface area contributed by atoms with E-state index in [9.17, 15) is 19.5 Å². The Morgan fingerprint density at radius 1 is 1.29 bits per heavy atom. The molecule has 1 saturated carbocycles. The van der Waals surface area contributed by atoms with E-state index in [4.69, 9.17) is 0 Å². The largest absolute Gasteiger partial charge is 1.00 e. The van der Waals surface area contributed by atoms with Crippen molar-refractivity contribution in [3.63, 3.8) is 0 Å². The summed E-state index contributed by atoms with van der Waals surface area (Å²) in [5, 5.41) is 16.6. The fourth-order valence-electron chi connectivity index (χ4n) is 3.01. The fraction of sp³-hybridized carbons (Fsp3) is 0.471. The van der Waals surface area contributed by atoms with Gasteiger partial charge in [0.25, 0.3) is 5.91 Å². The van der Waals surface area contributed by atoms with Gasteiger partial charge in [-0.3, -0.25) is 9.59 Å². The number of carbonyl (C=O) groups is 3. The molecule has 1 aliphatic rings. The molecule has 2 atom stereocenters. The molecular formula is C17H21N2NaO4. The number of nitrogens with one attached hydrogen (secondary N) is 2. The second-order valence-electron chi connectivity index (χ2n) is 6.36. The van der Waals surface area contributed by atoms with E-state index in [0.29, 0.717) is 11.3 Å². The molecule has 7 heteroatoms. The van der Waals surface area contributed by atoms with Crippen LogP contribution in [0.25, 0.3) is 0 Å². The van der Waals surface area contributed by atoms with E-state index in [-0.39, 0.29) is 47.8 Å². The molecule has 1 fully saturated rings.